The highest BCUT2D eigenvalue weighted by Crippen LogP contribution is 2.39. The molecule has 0 amide bonds. The van der Waals surface area contributed by atoms with Crippen molar-refractivity contribution < 1.29 is 13.1 Å². The van der Waals surface area contributed by atoms with Crippen LogP contribution in [-0.2, 0) is 32.0 Å². The summed E-state index contributed by atoms with van der Waals surface area (Å²) < 4.78 is 29.3. The minimum Gasteiger partial charge on any atom is -0.415 e. The summed E-state index contributed by atoms with van der Waals surface area (Å²) in [6.45, 7) is 31.8. The summed E-state index contributed by atoms with van der Waals surface area (Å²) in [5.74, 6) is 0. The Morgan fingerprint density at radius 1 is 0.818 bits per heavy atom. The van der Waals surface area contributed by atoms with Gasteiger partial charge in [-0.25, -0.2) is 8.93 Å². The molecule has 4 nitrogen and oxygen atoms in total. The first-order valence-corrected chi connectivity index (χ1v) is 19.1. The molecule has 0 saturated heterocycles. The Morgan fingerprint density at radius 3 is 1.76 bits per heavy atom. The first-order valence-electron chi connectivity index (χ1n) is 12.1. The van der Waals surface area contributed by atoms with Crippen LogP contribution < -0.4 is 4.72 Å². The van der Waals surface area contributed by atoms with Crippen molar-refractivity contribution in [2.45, 2.75) is 122 Å². The van der Waals surface area contributed by atoms with Gasteiger partial charge in [-0.15, -0.1) is 0 Å². The molecular weight excluding hydrogens is 463 g/mol. The van der Waals surface area contributed by atoms with Gasteiger partial charge in [-0.3, -0.25) is 0 Å². The van der Waals surface area contributed by atoms with Crippen LogP contribution in [0.5, 0.6) is 0 Å². The first kappa shape index (κ1) is 30.7. The molecule has 0 fully saturated rings. The van der Waals surface area contributed by atoms with E-state index in [9.17, 15) is 4.21 Å². The van der Waals surface area contributed by atoms with E-state index in [1.807, 2.05) is 20.8 Å². The average Bonchev–Trinajstić information content (AvgIpc) is 2.62. The Morgan fingerprint density at radius 2 is 1.30 bits per heavy atom. The standard InChI is InChI=1S/C26H51NO3SSi2/c1-23(2,3)31(28)27-26(10,20-30-33(13,14)25(7,8)9)22-17-15-16-21(18-22)19-29-32(11,12)24(4,5)6/h15-18,27H,19-20H2,1-14H3/t26-,31-/m0/s1. The molecule has 0 aliphatic carbocycles. The lowest BCUT2D eigenvalue weighted by molar-refractivity contribution is 0.200. The van der Waals surface area contributed by atoms with Crippen molar-refractivity contribution in [3.05, 3.63) is 35.4 Å². The van der Waals surface area contributed by atoms with Gasteiger partial charge in [-0.1, -0.05) is 65.8 Å². The van der Waals surface area contributed by atoms with Crippen molar-refractivity contribution in [2.24, 2.45) is 0 Å². The molecule has 2 atom stereocenters. The maximum Gasteiger partial charge on any atom is 0.192 e. The Hall–Kier alpha value is -0.316. The lowest BCUT2D eigenvalue weighted by atomic mass is 9.93. The van der Waals surface area contributed by atoms with E-state index in [-0.39, 0.29) is 14.8 Å². The Kier molecular flexibility index (Phi) is 9.63. The van der Waals surface area contributed by atoms with Crippen molar-refractivity contribution in [1.82, 2.24) is 4.72 Å². The molecule has 1 aromatic carbocycles. The number of hydrogen-bond acceptors (Lipinski definition) is 3. The van der Waals surface area contributed by atoms with Gasteiger partial charge >= 0.3 is 0 Å². The minimum absolute atomic E-state index is 0.107. The van der Waals surface area contributed by atoms with Crippen LogP contribution in [0.2, 0.25) is 36.3 Å². The molecule has 1 N–H and O–H groups in total. The van der Waals surface area contributed by atoms with Crippen molar-refractivity contribution in [3.8, 4) is 0 Å². The van der Waals surface area contributed by atoms with Gasteiger partial charge in [0.05, 0.1) is 34.5 Å². The highest BCUT2D eigenvalue weighted by Gasteiger charge is 2.41. The van der Waals surface area contributed by atoms with Gasteiger partial charge in [-0.05, 0) is 75.1 Å². The normalized spacial score (nSPS) is 17.0. The molecule has 1 rings (SSSR count). The molecule has 1 aromatic rings. The molecule has 0 heterocycles. The lowest BCUT2D eigenvalue weighted by Crippen LogP contribution is -2.52. The molecule has 0 aliphatic rings. The van der Waals surface area contributed by atoms with E-state index in [4.69, 9.17) is 8.85 Å². The lowest BCUT2D eigenvalue weighted by Gasteiger charge is -2.41. The summed E-state index contributed by atoms with van der Waals surface area (Å²) in [6, 6.07) is 8.49. The fraction of sp³-hybridized carbons (Fsp3) is 0.769. The third kappa shape index (κ3) is 8.39. The molecule has 0 unspecified atom stereocenters. The fourth-order valence-corrected chi connectivity index (χ4v) is 5.49. The monoisotopic (exact) mass is 513 g/mol. The van der Waals surface area contributed by atoms with Crippen LogP contribution in [0.1, 0.15) is 80.4 Å². The SMILES string of the molecule is CC(C)(C)[S@](=O)N[C@@](C)(CO[Si](C)(C)C(C)(C)C)c1cccc(CO[Si](C)(C)C(C)(C)C)c1. The van der Waals surface area contributed by atoms with Gasteiger partial charge in [0.25, 0.3) is 0 Å². The van der Waals surface area contributed by atoms with Gasteiger partial charge in [0.15, 0.2) is 16.6 Å². The fourth-order valence-electron chi connectivity index (χ4n) is 2.56. The third-order valence-corrected chi connectivity index (χ3v) is 18.1. The zero-order valence-electron chi connectivity index (χ0n) is 23.9. The van der Waals surface area contributed by atoms with Crippen molar-refractivity contribution in [2.75, 3.05) is 6.61 Å². The third-order valence-electron chi connectivity index (χ3n) is 7.37. The summed E-state index contributed by atoms with van der Waals surface area (Å²) in [5, 5.41) is 0.275. The summed E-state index contributed by atoms with van der Waals surface area (Å²) in [6.07, 6.45) is 0. The smallest absolute Gasteiger partial charge is 0.192 e. The maximum absolute atomic E-state index is 13.2. The summed E-state index contributed by atoms with van der Waals surface area (Å²) in [4.78, 5) is 0. The van der Waals surface area contributed by atoms with E-state index >= 15 is 0 Å². The topological polar surface area (TPSA) is 47.6 Å². The molecule has 0 bridgehead atoms. The Labute approximate surface area is 209 Å². The second-order valence-corrected chi connectivity index (χ2v) is 25.2. The van der Waals surface area contributed by atoms with Gasteiger partial charge < -0.3 is 8.85 Å². The van der Waals surface area contributed by atoms with E-state index in [1.165, 1.54) is 0 Å². The van der Waals surface area contributed by atoms with Gasteiger partial charge in [-0.2, -0.15) is 0 Å². The van der Waals surface area contributed by atoms with Crippen LogP contribution in [0.25, 0.3) is 0 Å². The summed E-state index contributed by atoms with van der Waals surface area (Å²) in [7, 11) is -5.06. The summed E-state index contributed by atoms with van der Waals surface area (Å²) in [5.41, 5.74) is 1.63. The van der Waals surface area contributed by atoms with Crippen LogP contribution in [-0.4, -0.2) is 32.2 Å². The van der Waals surface area contributed by atoms with Crippen molar-refractivity contribution >= 4 is 27.6 Å². The molecule has 0 radical (unpaired) electrons. The molecule has 7 heteroatoms. The average molecular weight is 514 g/mol. The van der Waals surface area contributed by atoms with Crippen LogP contribution in [0.4, 0.5) is 0 Å². The van der Waals surface area contributed by atoms with E-state index in [1.54, 1.807) is 0 Å². The van der Waals surface area contributed by atoms with Crippen LogP contribution >= 0.6 is 0 Å². The van der Waals surface area contributed by atoms with E-state index in [0.717, 1.165) is 11.1 Å². The second kappa shape index (κ2) is 10.4. The number of benzene rings is 1. The number of hydrogen-bond donors (Lipinski definition) is 1. The number of nitrogens with one attached hydrogen (secondary N) is 1. The van der Waals surface area contributed by atoms with E-state index in [0.29, 0.717) is 13.2 Å². The van der Waals surface area contributed by atoms with E-state index < -0.39 is 33.2 Å². The summed E-state index contributed by atoms with van der Waals surface area (Å²) >= 11 is 0. The molecule has 192 valence electrons. The molecule has 0 aliphatic heterocycles. The van der Waals surface area contributed by atoms with Crippen molar-refractivity contribution in [3.63, 3.8) is 0 Å². The van der Waals surface area contributed by atoms with Crippen LogP contribution in [0.3, 0.4) is 0 Å². The molecule has 0 saturated carbocycles. The van der Waals surface area contributed by atoms with Crippen molar-refractivity contribution in [1.29, 1.82) is 0 Å². The highest BCUT2D eigenvalue weighted by atomic mass is 32.2. The molecular formula is C26H51NO3SSi2. The van der Waals surface area contributed by atoms with Crippen LogP contribution in [0.15, 0.2) is 24.3 Å². The minimum atomic E-state index is -1.98. The van der Waals surface area contributed by atoms with E-state index in [2.05, 4.69) is 104 Å². The van der Waals surface area contributed by atoms with Gasteiger partial charge in [0.1, 0.15) is 0 Å². The molecule has 33 heavy (non-hydrogen) atoms. The van der Waals surface area contributed by atoms with Gasteiger partial charge in [0.2, 0.25) is 0 Å². The Bertz CT molecular complexity index is 820. The maximum atomic E-state index is 13.2. The molecule has 0 spiro atoms. The number of rotatable bonds is 9. The zero-order chi connectivity index (χ0) is 26.1. The Balaban J connectivity index is 3.28. The largest absolute Gasteiger partial charge is 0.415 e. The zero-order valence-corrected chi connectivity index (χ0v) is 26.7. The second-order valence-electron chi connectivity index (χ2n) is 13.6. The predicted molar refractivity (Wildman–Crippen MR) is 150 cm³/mol. The molecule has 0 aromatic heterocycles. The van der Waals surface area contributed by atoms with Gasteiger partial charge in [0, 0.05) is 0 Å². The quantitative estimate of drug-likeness (QED) is 0.348. The predicted octanol–water partition coefficient (Wildman–Crippen LogP) is 7.50. The van der Waals surface area contributed by atoms with Crippen LogP contribution in [0, 0.1) is 0 Å². The highest BCUT2D eigenvalue weighted by molar-refractivity contribution is 7.84. The first-order chi connectivity index (χ1) is 14.5.